The number of hydrogen-bond donors (Lipinski definition) is 1. The SMILES string of the molecule is Nc1c2c(nc3c(OC(F)F)cccc13)CCCCC2. The van der Waals surface area contributed by atoms with Gasteiger partial charge in [0.25, 0.3) is 0 Å². The van der Waals surface area contributed by atoms with E-state index in [9.17, 15) is 8.78 Å². The fraction of sp³-hybridized carbons (Fsp3) is 0.400. The molecule has 5 heteroatoms. The number of para-hydroxylation sites is 1. The molecule has 2 N–H and O–H groups in total. The normalized spacial score (nSPS) is 15.2. The third-order valence-electron chi connectivity index (χ3n) is 3.77. The minimum atomic E-state index is -2.86. The maximum atomic E-state index is 12.5. The summed E-state index contributed by atoms with van der Waals surface area (Å²) < 4.78 is 29.5. The number of aryl methyl sites for hydroxylation is 1. The second-order valence-electron chi connectivity index (χ2n) is 5.04. The number of pyridine rings is 1. The lowest BCUT2D eigenvalue weighted by Crippen LogP contribution is -2.06. The number of alkyl halides is 2. The zero-order valence-corrected chi connectivity index (χ0v) is 11.0. The maximum absolute atomic E-state index is 12.5. The molecule has 3 rings (SSSR count). The van der Waals surface area contributed by atoms with Crippen LogP contribution in [0.4, 0.5) is 14.5 Å². The first-order chi connectivity index (χ1) is 9.66. The van der Waals surface area contributed by atoms with Crippen molar-refractivity contribution in [2.24, 2.45) is 0 Å². The van der Waals surface area contributed by atoms with Crippen molar-refractivity contribution in [1.29, 1.82) is 0 Å². The van der Waals surface area contributed by atoms with Gasteiger partial charge in [0.15, 0.2) is 5.75 Å². The quantitative estimate of drug-likeness (QED) is 0.852. The van der Waals surface area contributed by atoms with Crippen LogP contribution in [0.2, 0.25) is 0 Å². The number of benzene rings is 1. The third-order valence-corrected chi connectivity index (χ3v) is 3.77. The summed E-state index contributed by atoms with van der Waals surface area (Å²) in [5.41, 5.74) is 9.32. The number of fused-ring (bicyclic) bond motifs is 2. The monoisotopic (exact) mass is 278 g/mol. The third kappa shape index (κ3) is 2.28. The van der Waals surface area contributed by atoms with Crippen LogP contribution in [0, 0.1) is 0 Å². The minimum Gasteiger partial charge on any atom is -0.432 e. The standard InChI is InChI=1S/C15H16F2N2O/c16-15(17)20-12-8-4-6-10-13(18)9-5-2-1-3-7-11(9)19-14(10)12/h4,6,8,15H,1-3,5,7H2,(H2,18,19). The first-order valence-electron chi connectivity index (χ1n) is 6.81. The molecule has 0 bridgehead atoms. The van der Waals surface area contributed by atoms with E-state index in [1.807, 2.05) is 0 Å². The second-order valence-corrected chi connectivity index (χ2v) is 5.04. The lowest BCUT2D eigenvalue weighted by Gasteiger charge is -2.14. The van der Waals surface area contributed by atoms with E-state index in [-0.39, 0.29) is 5.75 Å². The summed E-state index contributed by atoms with van der Waals surface area (Å²) in [6.45, 7) is -2.86. The van der Waals surface area contributed by atoms with E-state index in [0.717, 1.165) is 43.4 Å². The van der Waals surface area contributed by atoms with Gasteiger partial charge in [0.1, 0.15) is 5.52 Å². The predicted octanol–water partition coefficient (Wildman–Crippen LogP) is 3.69. The van der Waals surface area contributed by atoms with Gasteiger partial charge in [0.2, 0.25) is 0 Å². The Morgan fingerprint density at radius 3 is 2.75 bits per heavy atom. The summed E-state index contributed by atoms with van der Waals surface area (Å²) >= 11 is 0. The lowest BCUT2D eigenvalue weighted by atomic mass is 10.0. The number of ether oxygens (including phenoxy) is 1. The summed E-state index contributed by atoms with van der Waals surface area (Å²) in [5.74, 6) is 0.0937. The molecule has 0 radical (unpaired) electrons. The molecule has 106 valence electrons. The number of halogens is 2. The number of rotatable bonds is 2. The van der Waals surface area contributed by atoms with Gasteiger partial charge in [-0.05, 0) is 37.3 Å². The van der Waals surface area contributed by atoms with Gasteiger partial charge in [-0.15, -0.1) is 0 Å². The van der Waals surface area contributed by atoms with Crippen LogP contribution in [0.15, 0.2) is 18.2 Å². The van der Waals surface area contributed by atoms with Crippen molar-refractivity contribution in [1.82, 2.24) is 4.98 Å². The van der Waals surface area contributed by atoms with Crippen molar-refractivity contribution in [2.75, 3.05) is 5.73 Å². The van der Waals surface area contributed by atoms with Crippen LogP contribution in [0.3, 0.4) is 0 Å². The molecule has 1 aromatic heterocycles. The average molecular weight is 278 g/mol. The fourth-order valence-corrected chi connectivity index (χ4v) is 2.82. The van der Waals surface area contributed by atoms with E-state index in [2.05, 4.69) is 9.72 Å². The Kier molecular flexibility index (Phi) is 3.42. The Balaban J connectivity index is 2.21. The molecule has 20 heavy (non-hydrogen) atoms. The highest BCUT2D eigenvalue weighted by molar-refractivity contribution is 5.95. The van der Waals surface area contributed by atoms with Crippen LogP contribution < -0.4 is 10.5 Å². The predicted molar refractivity (Wildman–Crippen MR) is 74.0 cm³/mol. The number of hydrogen-bond acceptors (Lipinski definition) is 3. The summed E-state index contributed by atoms with van der Waals surface area (Å²) in [4.78, 5) is 4.55. The molecule has 2 aromatic rings. The Morgan fingerprint density at radius 2 is 1.95 bits per heavy atom. The molecule has 0 saturated heterocycles. The molecule has 3 nitrogen and oxygen atoms in total. The van der Waals surface area contributed by atoms with Crippen molar-refractivity contribution in [3.63, 3.8) is 0 Å². The lowest BCUT2D eigenvalue weighted by molar-refractivity contribution is -0.0489. The number of nitrogens with two attached hydrogens (primary N) is 1. The van der Waals surface area contributed by atoms with Crippen LogP contribution >= 0.6 is 0 Å². The van der Waals surface area contributed by atoms with Crippen LogP contribution in [-0.2, 0) is 12.8 Å². The molecule has 1 heterocycles. The molecule has 0 spiro atoms. The second kappa shape index (κ2) is 5.23. The van der Waals surface area contributed by atoms with E-state index in [4.69, 9.17) is 5.73 Å². The van der Waals surface area contributed by atoms with Crippen molar-refractivity contribution in [3.05, 3.63) is 29.5 Å². The van der Waals surface area contributed by atoms with E-state index in [0.29, 0.717) is 16.6 Å². The zero-order valence-electron chi connectivity index (χ0n) is 11.0. The van der Waals surface area contributed by atoms with Gasteiger partial charge in [0, 0.05) is 16.8 Å². The van der Waals surface area contributed by atoms with Crippen LogP contribution in [0.1, 0.15) is 30.5 Å². The highest BCUT2D eigenvalue weighted by atomic mass is 19.3. The van der Waals surface area contributed by atoms with E-state index < -0.39 is 6.61 Å². The number of nitrogen functional groups attached to an aromatic ring is 1. The molecular weight excluding hydrogens is 262 g/mol. The van der Waals surface area contributed by atoms with Gasteiger partial charge in [-0.25, -0.2) is 4.98 Å². The van der Waals surface area contributed by atoms with Crippen molar-refractivity contribution in [3.8, 4) is 5.75 Å². The summed E-state index contributed by atoms with van der Waals surface area (Å²) in [6.07, 6.45) is 5.05. The molecular formula is C15H16F2N2O. The smallest absolute Gasteiger partial charge is 0.387 e. The first-order valence-corrected chi connectivity index (χ1v) is 6.81. The first kappa shape index (κ1) is 13.1. The van der Waals surface area contributed by atoms with Crippen molar-refractivity contribution < 1.29 is 13.5 Å². The van der Waals surface area contributed by atoms with Gasteiger partial charge in [-0.2, -0.15) is 8.78 Å². The molecule has 0 fully saturated rings. The molecule has 0 amide bonds. The zero-order chi connectivity index (χ0) is 14.1. The molecule has 1 aliphatic carbocycles. The van der Waals surface area contributed by atoms with Crippen molar-refractivity contribution >= 4 is 16.6 Å². The number of nitrogens with zero attached hydrogens (tertiary/aromatic N) is 1. The summed E-state index contributed by atoms with van der Waals surface area (Å²) in [6, 6.07) is 4.98. The van der Waals surface area contributed by atoms with Crippen LogP contribution in [0.25, 0.3) is 10.9 Å². The highest BCUT2D eigenvalue weighted by Crippen LogP contribution is 2.34. The highest BCUT2D eigenvalue weighted by Gasteiger charge is 2.18. The topological polar surface area (TPSA) is 48.1 Å². The van der Waals surface area contributed by atoms with Crippen LogP contribution in [0.5, 0.6) is 5.75 Å². The molecule has 0 unspecified atom stereocenters. The van der Waals surface area contributed by atoms with Gasteiger partial charge < -0.3 is 10.5 Å². The summed E-state index contributed by atoms with van der Waals surface area (Å²) in [7, 11) is 0. The van der Waals surface area contributed by atoms with E-state index >= 15 is 0 Å². The Labute approximate surface area is 115 Å². The Hall–Kier alpha value is -1.91. The molecule has 1 aromatic carbocycles. The number of aromatic nitrogens is 1. The van der Waals surface area contributed by atoms with Gasteiger partial charge >= 0.3 is 6.61 Å². The van der Waals surface area contributed by atoms with Gasteiger partial charge in [-0.3, -0.25) is 0 Å². The number of anilines is 1. The van der Waals surface area contributed by atoms with E-state index in [1.54, 1.807) is 12.1 Å². The molecule has 0 aliphatic heterocycles. The largest absolute Gasteiger partial charge is 0.432 e. The molecule has 0 atom stereocenters. The maximum Gasteiger partial charge on any atom is 0.387 e. The van der Waals surface area contributed by atoms with Gasteiger partial charge in [-0.1, -0.05) is 18.6 Å². The fourth-order valence-electron chi connectivity index (χ4n) is 2.82. The minimum absolute atomic E-state index is 0.0937. The van der Waals surface area contributed by atoms with E-state index in [1.165, 1.54) is 6.07 Å². The summed E-state index contributed by atoms with van der Waals surface area (Å²) in [5, 5.41) is 0.698. The van der Waals surface area contributed by atoms with Gasteiger partial charge in [0.05, 0.1) is 0 Å². The van der Waals surface area contributed by atoms with Crippen LogP contribution in [-0.4, -0.2) is 11.6 Å². The van der Waals surface area contributed by atoms with Crippen molar-refractivity contribution in [2.45, 2.75) is 38.7 Å². The Morgan fingerprint density at radius 1 is 1.15 bits per heavy atom. The molecule has 1 aliphatic rings. The molecule has 0 saturated carbocycles. The Bertz CT molecular complexity index is 643. The average Bonchev–Trinajstić information content (AvgIpc) is 2.65.